The third kappa shape index (κ3) is 2.09. The Morgan fingerprint density at radius 1 is 1.15 bits per heavy atom. The van der Waals surface area contributed by atoms with Crippen molar-refractivity contribution in [3.63, 3.8) is 0 Å². The second-order valence-electron chi connectivity index (χ2n) is 5.10. The predicted octanol–water partition coefficient (Wildman–Crippen LogP) is 3.25. The van der Waals surface area contributed by atoms with E-state index in [0.29, 0.717) is 17.2 Å². The third-order valence-electron chi connectivity index (χ3n) is 3.88. The molecule has 2 aromatic rings. The summed E-state index contributed by atoms with van der Waals surface area (Å²) in [4.78, 5) is 10.4. The molecule has 0 fully saturated rings. The Bertz CT molecular complexity index is 709. The topological polar surface area (TPSA) is 77.8 Å². The lowest BCUT2D eigenvalue weighted by molar-refractivity contribution is 0.457. The van der Waals surface area contributed by atoms with Gasteiger partial charge in [-0.2, -0.15) is 0 Å². The van der Waals surface area contributed by atoms with Crippen LogP contribution in [0.4, 0.5) is 0 Å². The molecule has 0 saturated carbocycles. The van der Waals surface area contributed by atoms with E-state index in [2.05, 4.69) is 0 Å². The van der Waals surface area contributed by atoms with E-state index in [0.717, 1.165) is 0 Å². The van der Waals surface area contributed by atoms with Crippen molar-refractivity contribution in [3.05, 3.63) is 29.8 Å². The summed E-state index contributed by atoms with van der Waals surface area (Å²) in [5, 5.41) is 21.5. The van der Waals surface area contributed by atoms with Gasteiger partial charge in [-0.05, 0) is 13.3 Å². The molecular formula is C15H19O4P. The average Bonchev–Trinajstić information content (AvgIpc) is 2.44. The zero-order valence-electron chi connectivity index (χ0n) is 11.8. The van der Waals surface area contributed by atoms with E-state index in [1.54, 1.807) is 38.1 Å². The van der Waals surface area contributed by atoms with E-state index in [4.69, 9.17) is 0 Å². The summed E-state index contributed by atoms with van der Waals surface area (Å²) in [6, 6.07) is 6.76. The van der Waals surface area contributed by atoms with Gasteiger partial charge in [0.2, 0.25) is 7.37 Å². The summed E-state index contributed by atoms with van der Waals surface area (Å²) in [7, 11) is -3.75. The molecule has 0 spiro atoms. The quantitative estimate of drug-likeness (QED) is 0.600. The second-order valence-corrected chi connectivity index (χ2v) is 7.67. The number of phenols is 2. The van der Waals surface area contributed by atoms with Gasteiger partial charge in [-0.25, -0.2) is 0 Å². The SMILES string of the molecule is CCC(C)P(=O)(O)c1c(C)c(O)c2ccccc2c1O. The number of rotatable bonds is 3. The van der Waals surface area contributed by atoms with Crippen LogP contribution in [0, 0.1) is 6.92 Å². The maximum Gasteiger partial charge on any atom is 0.236 e. The Balaban J connectivity index is 2.88. The molecule has 20 heavy (non-hydrogen) atoms. The summed E-state index contributed by atoms with van der Waals surface area (Å²) in [6.07, 6.45) is 0.514. The summed E-state index contributed by atoms with van der Waals surface area (Å²) < 4.78 is 12.7. The Morgan fingerprint density at radius 3 is 2.15 bits per heavy atom. The van der Waals surface area contributed by atoms with Crippen molar-refractivity contribution < 1.29 is 19.7 Å². The first-order chi connectivity index (χ1) is 9.32. The molecule has 0 aliphatic rings. The minimum Gasteiger partial charge on any atom is -0.507 e. The van der Waals surface area contributed by atoms with Crippen LogP contribution in [0.5, 0.6) is 11.5 Å². The van der Waals surface area contributed by atoms with Gasteiger partial charge >= 0.3 is 0 Å². The largest absolute Gasteiger partial charge is 0.507 e. The van der Waals surface area contributed by atoms with Crippen LogP contribution in [-0.2, 0) is 4.57 Å². The molecule has 2 aromatic carbocycles. The van der Waals surface area contributed by atoms with Crippen LogP contribution >= 0.6 is 7.37 Å². The van der Waals surface area contributed by atoms with Crippen LogP contribution in [0.25, 0.3) is 10.8 Å². The van der Waals surface area contributed by atoms with Crippen molar-refractivity contribution in [2.75, 3.05) is 0 Å². The van der Waals surface area contributed by atoms with Gasteiger partial charge in [-0.3, -0.25) is 4.57 Å². The number of hydrogen-bond acceptors (Lipinski definition) is 3. The zero-order valence-corrected chi connectivity index (χ0v) is 12.7. The van der Waals surface area contributed by atoms with Crippen molar-refractivity contribution in [1.29, 1.82) is 0 Å². The average molecular weight is 294 g/mol. The Labute approximate surface area is 118 Å². The zero-order chi connectivity index (χ0) is 15.1. The van der Waals surface area contributed by atoms with Gasteiger partial charge in [0, 0.05) is 22.0 Å². The number of fused-ring (bicyclic) bond motifs is 1. The molecule has 2 rings (SSSR count). The van der Waals surface area contributed by atoms with Gasteiger partial charge in [-0.1, -0.05) is 38.1 Å². The molecule has 5 heteroatoms. The molecule has 0 aliphatic heterocycles. The highest BCUT2D eigenvalue weighted by atomic mass is 31.2. The molecule has 0 heterocycles. The second kappa shape index (κ2) is 5.12. The van der Waals surface area contributed by atoms with E-state index in [1.807, 2.05) is 6.92 Å². The minimum atomic E-state index is -3.75. The molecule has 2 unspecified atom stereocenters. The van der Waals surface area contributed by atoms with Crippen LogP contribution in [0.3, 0.4) is 0 Å². The normalized spacial score (nSPS) is 16.0. The number of phenolic OH excluding ortho intramolecular Hbond substituents is 2. The summed E-state index contributed by atoms with van der Waals surface area (Å²) in [6.45, 7) is 5.05. The Hall–Kier alpha value is -1.51. The van der Waals surface area contributed by atoms with Crippen LogP contribution in [0.15, 0.2) is 24.3 Å². The lowest BCUT2D eigenvalue weighted by Gasteiger charge is -2.22. The van der Waals surface area contributed by atoms with E-state index in [9.17, 15) is 19.7 Å². The van der Waals surface area contributed by atoms with Gasteiger partial charge < -0.3 is 15.1 Å². The van der Waals surface area contributed by atoms with Gasteiger partial charge in [0.15, 0.2) is 0 Å². The molecule has 3 N–H and O–H groups in total. The highest BCUT2D eigenvalue weighted by Gasteiger charge is 2.34. The van der Waals surface area contributed by atoms with Crippen LogP contribution < -0.4 is 5.30 Å². The van der Waals surface area contributed by atoms with E-state index >= 15 is 0 Å². The van der Waals surface area contributed by atoms with E-state index < -0.39 is 13.0 Å². The molecule has 0 aromatic heterocycles. The fraction of sp³-hybridized carbons (Fsp3) is 0.333. The molecule has 0 amide bonds. The summed E-state index contributed by atoms with van der Waals surface area (Å²) in [5.74, 6) is -0.256. The van der Waals surface area contributed by atoms with Gasteiger partial charge in [0.1, 0.15) is 11.5 Å². The fourth-order valence-electron chi connectivity index (χ4n) is 2.38. The van der Waals surface area contributed by atoms with Crippen molar-refractivity contribution >= 4 is 23.4 Å². The van der Waals surface area contributed by atoms with Crippen LogP contribution in [-0.4, -0.2) is 20.8 Å². The number of hydrogen-bond donors (Lipinski definition) is 3. The molecule has 108 valence electrons. The van der Waals surface area contributed by atoms with Gasteiger partial charge in [-0.15, -0.1) is 0 Å². The highest BCUT2D eigenvalue weighted by molar-refractivity contribution is 7.67. The smallest absolute Gasteiger partial charge is 0.236 e. The maximum absolute atomic E-state index is 12.7. The van der Waals surface area contributed by atoms with E-state index in [-0.39, 0.29) is 22.4 Å². The lowest BCUT2D eigenvalue weighted by atomic mass is 10.0. The monoisotopic (exact) mass is 294 g/mol. The molecule has 0 bridgehead atoms. The predicted molar refractivity (Wildman–Crippen MR) is 81.2 cm³/mol. The summed E-state index contributed by atoms with van der Waals surface area (Å²) >= 11 is 0. The number of aromatic hydroxyl groups is 2. The molecule has 2 atom stereocenters. The first-order valence-electron chi connectivity index (χ1n) is 6.58. The van der Waals surface area contributed by atoms with Crippen LogP contribution in [0.2, 0.25) is 0 Å². The van der Waals surface area contributed by atoms with Crippen molar-refractivity contribution in [2.24, 2.45) is 0 Å². The molecule has 0 aliphatic carbocycles. The van der Waals surface area contributed by atoms with E-state index in [1.165, 1.54) is 0 Å². The Kier molecular flexibility index (Phi) is 3.81. The first-order valence-corrected chi connectivity index (χ1v) is 8.31. The standard InChI is InChI=1S/C15H19O4P/c1-4-9(2)20(18,19)15-10(3)13(16)11-7-5-6-8-12(11)14(15)17/h5-9,16-17H,4H2,1-3H3,(H,18,19). The van der Waals surface area contributed by atoms with Gasteiger partial charge in [0.25, 0.3) is 0 Å². The molecule has 0 saturated heterocycles. The minimum absolute atomic E-state index is 0.0250. The molecular weight excluding hydrogens is 275 g/mol. The lowest BCUT2D eigenvalue weighted by Crippen LogP contribution is -2.17. The van der Waals surface area contributed by atoms with Crippen LogP contribution in [0.1, 0.15) is 25.8 Å². The molecule has 4 nitrogen and oxygen atoms in total. The first kappa shape index (κ1) is 14.9. The summed E-state index contributed by atoms with van der Waals surface area (Å²) in [5.41, 5.74) is -0.208. The third-order valence-corrected chi connectivity index (χ3v) is 6.63. The number of benzene rings is 2. The van der Waals surface area contributed by atoms with Crippen molar-refractivity contribution in [1.82, 2.24) is 0 Å². The fourth-order valence-corrected chi connectivity index (χ4v) is 4.32. The van der Waals surface area contributed by atoms with Gasteiger partial charge in [0.05, 0.1) is 5.30 Å². The maximum atomic E-state index is 12.7. The Morgan fingerprint density at radius 2 is 1.65 bits per heavy atom. The van der Waals surface area contributed by atoms with Crippen molar-refractivity contribution in [2.45, 2.75) is 32.9 Å². The van der Waals surface area contributed by atoms with Crippen molar-refractivity contribution in [3.8, 4) is 11.5 Å². The highest BCUT2D eigenvalue weighted by Crippen LogP contribution is 2.52. The molecule has 0 radical (unpaired) electrons.